The molecule has 1 aliphatic heterocycles. The SMILES string of the molecule is Cc1ccc(C2CN=C(Nc3ccc(Cl)cc3)N2C)cc1.Cl. The van der Waals surface area contributed by atoms with E-state index < -0.39 is 0 Å². The minimum absolute atomic E-state index is 0. The first-order valence-electron chi connectivity index (χ1n) is 7.00. The van der Waals surface area contributed by atoms with Crippen LogP contribution in [0.15, 0.2) is 53.5 Å². The van der Waals surface area contributed by atoms with Crippen molar-refractivity contribution in [1.29, 1.82) is 0 Å². The first-order chi connectivity index (χ1) is 10.1. The number of likely N-dealkylation sites (N-methyl/N-ethyl adjacent to an activating group) is 1. The van der Waals surface area contributed by atoms with Crippen molar-refractivity contribution in [2.75, 3.05) is 18.9 Å². The smallest absolute Gasteiger partial charge is 0.198 e. The molecule has 5 heteroatoms. The molecule has 1 atom stereocenters. The van der Waals surface area contributed by atoms with Crippen molar-refractivity contribution in [3.63, 3.8) is 0 Å². The Morgan fingerprint density at radius 2 is 1.73 bits per heavy atom. The van der Waals surface area contributed by atoms with Crippen molar-refractivity contribution in [2.24, 2.45) is 4.99 Å². The second kappa shape index (κ2) is 7.03. The van der Waals surface area contributed by atoms with Crippen molar-refractivity contribution < 1.29 is 0 Å². The molecule has 0 bridgehead atoms. The number of nitrogens with one attached hydrogen (secondary N) is 1. The molecule has 22 heavy (non-hydrogen) atoms. The van der Waals surface area contributed by atoms with Gasteiger partial charge < -0.3 is 10.2 Å². The van der Waals surface area contributed by atoms with Crippen molar-refractivity contribution in [3.05, 3.63) is 64.7 Å². The monoisotopic (exact) mass is 335 g/mol. The zero-order valence-electron chi connectivity index (χ0n) is 12.6. The summed E-state index contributed by atoms with van der Waals surface area (Å²) in [5.41, 5.74) is 3.56. The summed E-state index contributed by atoms with van der Waals surface area (Å²) in [4.78, 5) is 6.79. The third-order valence-electron chi connectivity index (χ3n) is 3.78. The van der Waals surface area contributed by atoms with Crippen LogP contribution < -0.4 is 5.32 Å². The van der Waals surface area contributed by atoms with Gasteiger partial charge in [0.25, 0.3) is 0 Å². The zero-order valence-corrected chi connectivity index (χ0v) is 14.2. The van der Waals surface area contributed by atoms with E-state index in [0.717, 1.165) is 23.2 Å². The molecule has 0 amide bonds. The largest absolute Gasteiger partial charge is 0.337 e. The van der Waals surface area contributed by atoms with Crippen LogP contribution >= 0.6 is 24.0 Å². The summed E-state index contributed by atoms with van der Waals surface area (Å²) >= 11 is 5.90. The Bertz CT molecular complexity index is 651. The first-order valence-corrected chi connectivity index (χ1v) is 7.38. The maximum absolute atomic E-state index is 5.90. The summed E-state index contributed by atoms with van der Waals surface area (Å²) in [6.45, 7) is 2.88. The molecule has 1 unspecified atom stereocenters. The number of aliphatic imine (C=N–C) groups is 1. The third kappa shape index (κ3) is 3.54. The van der Waals surface area contributed by atoms with Crippen molar-refractivity contribution in [3.8, 4) is 0 Å². The van der Waals surface area contributed by atoms with E-state index in [1.54, 1.807) is 0 Å². The highest BCUT2D eigenvalue weighted by atomic mass is 35.5. The molecule has 0 fully saturated rings. The molecule has 1 N–H and O–H groups in total. The van der Waals surface area contributed by atoms with E-state index in [9.17, 15) is 0 Å². The van der Waals surface area contributed by atoms with Gasteiger partial charge in [-0.05, 0) is 36.8 Å². The van der Waals surface area contributed by atoms with Gasteiger partial charge in [0, 0.05) is 17.8 Å². The number of rotatable bonds is 2. The number of halogens is 2. The summed E-state index contributed by atoms with van der Waals surface area (Å²) in [7, 11) is 2.07. The van der Waals surface area contributed by atoms with E-state index in [0.29, 0.717) is 6.04 Å². The Kier molecular flexibility index (Phi) is 5.33. The average molecular weight is 336 g/mol. The number of hydrogen-bond donors (Lipinski definition) is 1. The fraction of sp³-hybridized carbons (Fsp3) is 0.235. The molecular weight excluding hydrogens is 317 g/mol. The number of hydrogen-bond acceptors (Lipinski definition) is 3. The van der Waals surface area contributed by atoms with Crippen LogP contribution in [0.5, 0.6) is 0 Å². The molecule has 0 saturated heterocycles. The highest BCUT2D eigenvalue weighted by molar-refractivity contribution is 6.30. The Hall–Kier alpha value is -1.71. The lowest BCUT2D eigenvalue weighted by Gasteiger charge is -2.24. The summed E-state index contributed by atoms with van der Waals surface area (Å²) in [5.74, 6) is 0.892. The maximum Gasteiger partial charge on any atom is 0.198 e. The Morgan fingerprint density at radius 3 is 2.36 bits per heavy atom. The van der Waals surface area contributed by atoms with E-state index in [1.807, 2.05) is 24.3 Å². The van der Waals surface area contributed by atoms with E-state index in [4.69, 9.17) is 11.6 Å². The number of aryl methyl sites for hydroxylation is 1. The number of benzene rings is 2. The van der Waals surface area contributed by atoms with Crippen molar-refractivity contribution in [2.45, 2.75) is 13.0 Å². The minimum Gasteiger partial charge on any atom is -0.337 e. The molecule has 1 aliphatic rings. The quantitative estimate of drug-likeness (QED) is 0.873. The summed E-state index contributed by atoms with van der Waals surface area (Å²) in [6.07, 6.45) is 0. The lowest BCUT2D eigenvalue weighted by Crippen LogP contribution is -2.31. The Balaban J connectivity index is 0.00000176. The van der Waals surface area contributed by atoms with Crippen LogP contribution in [0.3, 0.4) is 0 Å². The van der Waals surface area contributed by atoms with Crippen molar-refractivity contribution in [1.82, 2.24) is 4.90 Å². The van der Waals surface area contributed by atoms with E-state index in [-0.39, 0.29) is 12.4 Å². The molecule has 2 aromatic rings. The molecule has 1 heterocycles. The van der Waals surface area contributed by atoms with Gasteiger partial charge in [-0.2, -0.15) is 0 Å². The molecule has 0 aliphatic carbocycles. The van der Waals surface area contributed by atoms with Gasteiger partial charge in [0.15, 0.2) is 5.96 Å². The van der Waals surface area contributed by atoms with E-state index >= 15 is 0 Å². The fourth-order valence-electron chi connectivity index (χ4n) is 2.46. The highest BCUT2D eigenvalue weighted by Gasteiger charge is 2.25. The van der Waals surface area contributed by atoms with E-state index in [1.165, 1.54) is 11.1 Å². The predicted molar refractivity (Wildman–Crippen MR) is 96.3 cm³/mol. The maximum atomic E-state index is 5.90. The normalized spacial score (nSPS) is 17.0. The van der Waals surface area contributed by atoms with Crippen LogP contribution in [0.2, 0.25) is 5.02 Å². The van der Waals surface area contributed by atoms with E-state index in [2.05, 4.69) is 53.4 Å². The third-order valence-corrected chi connectivity index (χ3v) is 4.03. The van der Waals surface area contributed by atoms with Crippen LogP contribution in [0.4, 0.5) is 5.69 Å². The zero-order chi connectivity index (χ0) is 14.8. The topological polar surface area (TPSA) is 27.6 Å². The number of guanidine groups is 1. The fourth-order valence-corrected chi connectivity index (χ4v) is 2.59. The second-order valence-corrected chi connectivity index (χ2v) is 5.77. The first kappa shape index (κ1) is 16.7. The second-order valence-electron chi connectivity index (χ2n) is 5.33. The van der Waals surface area contributed by atoms with Gasteiger partial charge in [0.1, 0.15) is 0 Å². The lowest BCUT2D eigenvalue weighted by molar-refractivity contribution is 0.416. The molecular formula is C17H19Cl2N3. The predicted octanol–water partition coefficient (Wildman–Crippen LogP) is 4.52. The molecule has 3 rings (SSSR count). The highest BCUT2D eigenvalue weighted by Crippen LogP contribution is 2.26. The molecule has 3 nitrogen and oxygen atoms in total. The number of anilines is 1. The van der Waals surface area contributed by atoms with Gasteiger partial charge >= 0.3 is 0 Å². The molecule has 116 valence electrons. The molecule has 2 aromatic carbocycles. The van der Waals surface area contributed by atoms with Gasteiger partial charge in [0.2, 0.25) is 0 Å². The molecule has 0 radical (unpaired) electrons. The number of nitrogens with zero attached hydrogens (tertiary/aromatic N) is 2. The summed E-state index contributed by atoms with van der Waals surface area (Å²) in [5, 5.41) is 4.08. The minimum atomic E-state index is 0. The van der Waals surface area contributed by atoms with Crippen LogP contribution in [0, 0.1) is 6.92 Å². The molecule has 0 spiro atoms. The Morgan fingerprint density at radius 1 is 1.09 bits per heavy atom. The molecule has 0 saturated carbocycles. The van der Waals surface area contributed by atoms with Gasteiger partial charge in [-0.1, -0.05) is 41.4 Å². The van der Waals surface area contributed by atoms with Crippen LogP contribution in [0.25, 0.3) is 0 Å². The van der Waals surface area contributed by atoms with Crippen LogP contribution in [0.1, 0.15) is 17.2 Å². The molecule has 0 aromatic heterocycles. The standard InChI is InChI=1S/C17H18ClN3.ClH/c1-12-3-5-13(6-4-12)16-11-19-17(21(16)2)20-15-9-7-14(18)8-10-15;/h3-10,16H,11H2,1-2H3,(H,19,20);1H. The van der Waals surface area contributed by atoms with Gasteiger partial charge in [0.05, 0.1) is 12.6 Å². The average Bonchev–Trinajstić information content (AvgIpc) is 2.84. The summed E-state index contributed by atoms with van der Waals surface area (Å²) < 4.78 is 0. The van der Waals surface area contributed by atoms with Gasteiger partial charge in [-0.15, -0.1) is 12.4 Å². The van der Waals surface area contributed by atoms with Gasteiger partial charge in [-0.3, -0.25) is 4.99 Å². The summed E-state index contributed by atoms with van der Waals surface area (Å²) in [6, 6.07) is 16.6. The Labute approximate surface area is 142 Å². The lowest BCUT2D eigenvalue weighted by atomic mass is 10.1. The van der Waals surface area contributed by atoms with Crippen molar-refractivity contribution >= 4 is 35.7 Å². The van der Waals surface area contributed by atoms with Crippen LogP contribution in [-0.2, 0) is 0 Å². The van der Waals surface area contributed by atoms with Crippen LogP contribution in [-0.4, -0.2) is 24.5 Å². The van der Waals surface area contributed by atoms with Gasteiger partial charge in [-0.25, -0.2) is 0 Å².